The number of amides is 1. The van der Waals surface area contributed by atoms with Gasteiger partial charge in [-0.25, -0.2) is 0 Å². The third-order valence-electron chi connectivity index (χ3n) is 2.29. The van der Waals surface area contributed by atoms with Crippen molar-refractivity contribution in [2.45, 2.75) is 59.0 Å². The molecule has 3 nitrogen and oxygen atoms in total. The first kappa shape index (κ1) is 13.4. The maximum absolute atomic E-state index is 11.8. The Bertz CT molecular complexity index is 178. The normalized spacial score (nSPS) is 13.8. The van der Waals surface area contributed by atoms with E-state index in [1.54, 1.807) is 0 Å². The molecule has 1 atom stereocenters. The van der Waals surface area contributed by atoms with Crippen LogP contribution in [0.3, 0.4) is 0 Å². The third-order valence-corrected chi connectivity index (χ3v) is 2.29. The second-order valence-corrected chi connectivity index (χ2v) is 4.32. The zero-order valence-electron chi connectivity index (χ0n) is 10.1. The number of nitrogens with one attached hydrogen (secondary N) is 2. The first-order valence-corrected chi connectivity index (χ1v) is 5.50. The largest absolute Gasteiger partial charge is 0.352 e. The molecule has 0 heterocycles. The first-order chi connectivity index (χ1) is 6.44. The summed E-state index contributed by atoms with van der Waals surface area (Å²) >= 11 is 0. The lowest BCUT2D eigenvalue weighted by Crippen LogP contribution is -2.54. The van der Waals surface area contributed by atoms with Gasteiger partial charge in [0, 0.05) is 6.04 Å². The second-order valence-electron chi connectivity index (χ2n) is 4.32. The molecule has 1 amide bonds. The molecule has 0 aliphatic rings. The molecule has 0 aliphatic carbocycles. The maximum atomic E-state index is 11.8. The number of carbonyl (C=O) groups is 1. The van der Waals surface area contributed by atoms with Crippen molar-refractivity contribution in [2.75, 3.05) is 6.54 Å². The van der Waals surface area contributed by atoms with Crippen LogP contribution in [0, 0.1) is 0 Å². The number of hydrogen-bond acceptors (Lipinski definition) is 2. The quantitative estimate of drug-likeness (QED) is 0.685. The number of carbonyl (C=O) groups excluding carboxylic acids is 1. The Hall–Kier alpha value is -0.570. The van der Waals surface area contributed by atoms with Crippen molar-refractivity contribution >= 4 is 5.91 Å². The molecule has 14 heavy (non-hydrogen) atoms. The van der Waals surface area contributed by atoms with Crippen LogP contribution in [0.1, 0.15) is 47.5 Å². The Morgan fingerprint density at radius 3 is 2.36 bits per heavy atom. The zero-order chi connectivity index (χ0) is 11.2. The molecule has 0 rings (SSSR count). The molecule has 0 saturated carbocycles. The summed E-state index contributed by atoms with van der Waals surface area (Å²) in [6.45, 7) is 10.8. The van der Waals surface area contributed by atoms with Crippen LogP contribution in [-0.4, -0.2) is 24.0 Å². The van der Waals surface area contributed by atoms with Gasteiger partial charge in [-0.1, -0.05) is 20.3 Å². The summed E-state index contributed by atoms with van der Waals surface area (Å²) < 4.78 is 0. The molecule has 0 saturated heterocycles. The van der Waals surface area contributed by atoms with Crippen LogP contribution in [0.2, 0.25) is 0 Å². The Balaban J connectivity index is 4.05. The number of likely N-dealkylation sites (N-methyl/N-ethyl adjacent to an activating group) is 1. The van der Waals surface area contributed by atoms with Gasteiger partial charge in [0.05, 0.1) is 5.54 Å². The average molecular weight is 200 g/mol. The van der Waals surface area contributed by atoms with Crippen LogP contribution < -0.4 is 10.6 Å². The van der Waals surface area contributed by atoms with Crippen LogP contribution >= 0.6 is 0 Å². The predicted molar refractivity (Wildman–Crippen MR) is 60.3 cm³/mol. The highest BCUT2D eigenvalue weighted by atomic mass is 16.2. The molecular formula is C11H24N2O. The van der Waals surface area contributed by atoms with Crippen LogP contribution in [0.4, 0.5) is 0 Å². The van der Waals surface area contributed by atoms with Gasteiger partial charge in [-0.2, -0.15) is 0 Å². The molecule has 0 spiro atoms. The fourth-order valence-electron chi connectivity index (χ4n) is 1.43. The minimum absolute atomic E-state index is 0.0836. The Morgan fingerprint density at radius 2 is 1.93 bits per heavy atom. The summed E-state index contributed by atoms with van der Waals surface area (Å²) in [7, 11) is 0. The van der Waals surface area contributed by atoms with E-state index in [-0.39, 0.29) is 11.9 Å². The number of hydrogen-bond donors (Lipinski definition) is 2. The van der Waals surface area contributed by atoms with E-state index in [1.165, 1.54) is 0 Å². The molecule has 0 fully saturated rings. The molecule has 0 radical (unpaired) electrons. The van der Waals surface area contributed by atoms with Crippen molar-refractivity contribution in [1.82, 2.24) is 10.6 Å². The van der Waals surface area contributed by atoms with E-state index in [0.717, 1.165) is 19.4 Å². The standard InChI is InChI=1S/C11H24N2O/c1-6-8-9(3)13-10(14)11(4,5)12-7-2/h9,12H,6-8H2,1-5H3,(H,13,14). The summed E-state index contributed by atoms with van der Waals surface area (Å²) in [4.78, 5) is 11.8. The van der Waals surface area contributed by atoms with Crippen molar-refractivity contribution < 1.29 is 4.79 Å². The summed E-state index contributed by atoms with van der Waals surface area (Å²) in [6, 6.07) is 0.269. The van der Waals surface area contributed by atoms with E-state index in [1.807, 2.05) is 27.7 Å². The Labute approximate surface area is 87.6 Å². The molecule has 0 aromatic heterocycles. The van der Waals surface area contributed by atoms with Gasteiger partial charge < -0.3 is 10.6 Å². The highest BCUT2D eigenvalue weighted by Crippen LogP contribution is 2.03. The average Bonchev–Trinajstić information content (AvgIpc) is 2.04. The molecule has 0 aromatic carbocycles. The molecular weight excluding hydrogens is 176 g/mol. The predicted octanol–water partition coefficient (Wildman–Crippen LogP) is 1.68. The lowest BCUT2D eigenvalue weighted by Gasteiger charge is -2.26. The third kappa shape index (κ3) is 4.61. The van der Waals surface area contributed by atoms with Crippen molar-refractivity contribution in [3.8, 4) is 0 Å². The maximum Gasteiger partial charge on any atom is 0.239 e. The van der Waals surface area contributed by atoms with E-state index in [9.17, 15) is 4.79 Å². The van der Waals surface area contributed by atoms with Crippen LogP contribution in [0.5, 0.6) is 0 Å². The van der Waals surface area contributed by atoms with Crippen molar-refractivity contribution in [3.05, 3.63) is 0 Å². The van der Waals surface area contributed by atoms with Gasteiger partial charge in [-0.3, -0.25) is 4.79 Å². The summed E-state index contributed by atoms with van der Waals surface area (Å²) in [5, 5.41) is 6.16. The van der Waals surface area contributed by atoms with Gasteiger partial charge in [0.2, 0.25) is 5.91 Å². The minimum Gasteiger partial charge on any atom is -0.352 e. The topological polar surface area (TPSA) is 41.1 Å². The highest BCUT2D eigenvalue weighted by molar-refractivity contribution is 5.85. The SMILES string of the molecule is CCCC(C)NC(=O)C(C)(C)NCC. The number of rotatable bonds is 6. The highest BCUT2D eigenvalue weighted by Gasteiger charge is 2.26. The summed E-state index contributed by atoms with van der Waals surface area (Å²) in [5.74, 6) is 0.0836. The van der Waals surface area contributed by atoms with E-state index < -0.39 is 5.54 Å². The smallest absolute Gasteiger partial charge is 0.239 e. The molecule has 2 N–H and O–H groups in total. The van der Waals surface area contributed by atoms with E-state index in [0.29, 0.717) is 0 Å². The minimum atomic E-state index is -0.462. The molecule has 0 bridgehead atoms. The van der Waals surface area contributed by atoms with Crippen LogP contribution in [0.25, 0.3) is 0 Å². The van der Waals surface area contributed by atoms with E-state index >= 15 is 0 Å². The molecule has 0 aliphatic heterocycles. The van der Waals surface area contributed by atoms with Crippen molar-refractivity contribution in [2.24, 2.45) is 0 Å². The first-order valence-electron chi connectivity index (χ1n) is 5.50. The fourth-order valence-corrected chi connectivity index (χ4v) is 1.43. The van der Waals surface area contributed by atoms with Crippen molar-refractivity contribution in [3.63, 3.8) is 0 Å². The lowest BCUT2D eigenvalue weighted by molar-refractivity contribution is -0.127. The van der Waals surface area contributed by atoms with Gasteiger partial charge in [-0.05, 0) is 33.7 Å². The molecule has 0 aromatic rings. The molecule has 3 heteroatoms. The van der Waals surface area contributed by atoms with Crippen molar-refractivity contribution in [1.29, 1.82) is 0 Å². The fraction of sp³-hybridized carbons (Fsp3) is 0.909. The molecule has 1 unspecified atom stereocenters. The monoisotopic (exact) mass is 200 g/mol. The summed E-state index contributed by atoms with van der Waals surface area (Å²) in [6.07, 6.45) is 2.14. The second kappa shape index (κ2) is 6.02. The summed E-state index contributed by atoms with van der Waals surface area (Å²) in [5.41, 5.74) is -0.462. The van der Waals surface area contributed by atoms with E-state index in [2.05, 4.69) is 17.6 Å². The Morgan fingerprint density at radius 1 is 1.36 bits per heavy atom. The molecule has 84 valence electrons. The zero-order valence-corrected chi connectivity index (χ0v) is 10.1. The van der Waals surface area contributed by atoms with Crippen LogP contribution in [-0.2, 0) is 4.79 Å². The Kier molecular flexibility index (Phi) is 5.77. The van der Waals surface area contributed by atoms with Crippen LogP contribution in [0.15, 0.2) is 0 Å². The van der Waals surface area contributed by atoms with Gasteiger partial charge in [-0.15, -0.1) is 0 Å². The van der Waals surface area contributed by atoms with Gasteiger partial charge in [0.1, 0.15) is 0 Å². The van der Waals surface area contributed by atoms with Gasteiger partial charge >= 0.3 is 0 Å². The van der Waals surface area contributed by atoms with E-state index in [4.69, 9.17) is 0 Å². The van der Waals surface area contributed by atoms with Gasteiger partial charge in [0.25, 0.3) is 0 Å². The lowest BCUT2D eigenvalue weighted by atomic mass is 10.0. The van der Waals surface area contributed by atoms with Gasteiger partial charge in [0.15, 0.2) is 0 Å².